The van der Waals surface area contributed by atoms with Gasteiger partial charge in [0.1, 0.15) is 0 Å². The van der Waals surface area contributed by atoms with Crippen molar-refractivity contribution in [3.05, 3.63) is 29.9 Å². The second-order valence-electron chi connectivity index (χ2n) is 4.54. The highest BCUT2D eigenvalue weighted by molar-refractivity contribution is 5.50. The highest BCUT2D eigenvalue weighted by atomic mass is 16.4. The van der Waals surface area contributed by atoms with E-state index in [-0.39, 0.29) is 0 Å². The molecule has 2 N–H and O–H groups in total. The first kappa shape index (κ1) is 12.7. The third kappa shape index (κ3) is 3.13. The van der Waals surface area contributed by atoms with Crippen molar-refractivity contribution in [2.45, 2.75) is 26.7 Å². The Morgan fingerprint density at radius 2 is 2.17 bits per heavy atom. The van der Waals surface area contributed by atoms with Gasteiger partial charge in [-0.3, -0.25) is 4.98 Å². The fourth-order valence-corrected chi connectivity index (χ4v) is 1.62. The molecule has 1 unspecified atom stereocenters. The second-order valence-corrected chi connectivity index (χ2v) is 4.54. The Morgan fingerprint density at radius 1 is 1.33 bits per heavy atom. The summed E-state index contributed by atoms with van der Waals surface area (Å²) in [7, 11) is 0. The number of nitrogens with zero attached hydrogens (tertiary/aromatic N) is 3. The number of aromatic nitrogens is 3. The maximum absolute atomic E-state index is 5.59. The van der Waals surface area contributed by atoms with Gasteiger partial charge in [0.05, 0.1) is 5.56 Å². The summed E-state index contributed by atoms with van der Waals surface area (Å²) in [4.78, 5) is 4.40. The Balaban J connectivity index is 2.01. The first-order valence-electron chi connectivity index (χ1n) is 6.14. The van der Waals surface area contributed by atoms with Gasteiger partial charge in [-0.15, -0.1) is 10.2 Å². The Labute approximate surface area is 106 Å². The van der Waals surface area contributed by atoms with Crippen LogP contribution < -0.4 is 5.73 Å². The molecule has 0 fully saturated rings. The number of pyridine rings is 1. The van der Waals surface area contributed by atoms with Crippen LogP contribution in [0.25, 0.3) is 11.5 Å². The van der Waals surface area contributed by atoms with Crippen molar-refractivity contribution in [3.8, 4) is 11.5 Å². The summed E-state index contributed by atoms with van der Waals surface area (Å²) >= 11 is 0. The lowest BCUT2D eigenvalue weighted by molar-refractivity contribution is 0.532. The molecular weight excluding hydrogens is 228 g/mol. The average Bonchev–Trinajstić information content (AvgIpc) is 2.83. The third-order valence-electron chi connectivity index (χ3n) is 2.89. The first-order chi connectivity index (χ1) is 8.69. The van der Waals surface area contributed by atoms with E-state index in [1.807, 2.05) is 12.1 Å². The van der Waals surface area contributed by atoms with Crippen molar-refractivity contribution in [1.29, 1.82) is 0 Å². The van der Waals surface area contributed by atoms with Crippen molar-refractivity contribution in [1.82, 2.24) is 15.2 Å². The number of rotatable bonds is 5. The molecule has 2 heterocycles. The lowest BCUT2D eigenvalue weighted by atomic mass is 10.0. The Kier molecular flexibility index (Phi) is 4.04. The van der Waals surface area contributed by atoms with Crippen LogP contribution in [0.3, 0.4) is 0 Å². The summed E-state index contributed by atoms with van der Waals surface area (Å²) in [6, 6.07) is 3.96. The molecule has 1 atom stereocenters. The average molecular weight is 246 g/mol. The molecule has 2 rings (SSSR count). The fraction of sp³-hybridized carbons (Fsp3) is 0.462. The van der Waals surface area contributed by atoms with E-state index >= 15 is 0 Å². The van der Waals surface area contributed by atoms with Crippen molar-refractivity contribution in [2.75, 3.05) is 6.54 Å². The Hall–Kier alpha value is -1.75. The number of aryl methyl sites for hydroxylation is 2. The largest absolute Gasteiger partial charge is 0.421 e. The number of hydrogen-bond acceptors (Lipinski definition) is 5. The van der Waals surface area contributed by atoms with E-state index in [1.54, 1.807) is 13.1 Å². The normalized spacial score (nSPS) is 12.6. The Morgan fingerprint density at radius 3 is 2.72 bits per heavy atom. The molecule has 0 aliphatic carbocycles. The third-order valence-corrected chi connectivity index (χ3v) is 2.89. The lowest BCUT2D eigenvalue weighted by Crippen LogP contribution is -2.11. The zero-order chi connectivity index (χ0) is 13.0. The van der Waals surface area contributed by atoms with Crippen molar-refractivity contribution >= 4 is 0 Å². The van der Waals surface area contributed by atoms with Gasteiger partial charge in [-0.1, -0.05) is 6.92 Å². The van der Waals surface area contributed by atoms with Crippen LogP contribution in [0.4, 0.5) is 0 Å². The molecule has 96 valence electrons. The molecular formula is C13H18N4O. The van der Waals surface area contributed by atoms with Gasteiger partial charge in [-0.2, -0.15) is 0 Å². The standard InChI is InChI=1S/C13H18N4O/c1-9(7-14)3-5-12-6-4-11(8-15-12)13-17-16-10(2)18-13/h4,6,8-9H,3,5,7,14H2,1-2H3. The topological polar surface area (TPSA) is 77.8 Å². The fourth-order valence-electron chi connectivity index (χ4n) is 1.62. The smallest absolute Gasteiger partial charge is 0.249 e. The maximum Gasteiger partial charge on any atom is 0.249 e. The molecule has 0 bridgehead atoms. The summed E-state index contributed by atoms with van der Waals surface area (Å²) in [5, 5.41) is 7.76. The van der Waals surface area contributed by atoms with Crippen LogP contribution in [-0.2, 0) is 6.42 Å². The molecule has 0 aliphatic heterocycles. The van der Waals surface area contributed by atoms with E-state index in [0.29, 0.717) is 17.7 Å². The van der Waals surface area contributed by atoms with Gasteiger partial charge in [0.15, 0.2) is 0 Å². The molecule has 18 heavy (non-hydrogen) atoms. The van der Waals surface area contributed by atoms with Crippen LogP contribution in [0.5, 0.6) is 0 Å². The van der Waals surface area contributed by atoms with E-state index in [2.05, 4.69) is 22.1 Å². The van der Waals surface area contributed by atoms with Gasteiger partial charge in [0.2, 0.25) is 11.8 Å². The predicted molar refractivity (Wildman–Crippen MR) is 68.8 cm³/mol. The van der Waals surface area contributed by atoms with Crippen molar-refractivity contribution in [2.24, 2.45) is 11.7 Å². The van der Waals surface area contributed by atoms with E-state index in [9.17, 15) is 0 Å². The van der Waals surface area contributed by atoms with Crippen LogP contribution >= 0.6 is 0 Å². The van der Waals surface area contributed by atoms with Crippen LogP contribution in [0.1, 0.15) is 24.9 Å². The minimum atomic E-state index is 0.516. The molecule has 0 amide bonds. The highest BCUT2D eigenvalue weighted by Crippen LogP contribution is 2.17. The lowest BCUT2D eigenvalue weighted by Gasteiger charge is -2.07. The summed E-state index contributed by atoms with van der Waals surface area (Å²) < 4.78 is 5.35. The van der Waals surface area contributed by atoms with Crippen molar-refractivity contribution in [3.63, 3.8) is 0 Å². The molecule has 0 aliphatic rings. The minimum absolute atomic E-state index is 0.516. The quantitative estimate of drug-likeness (QED) is 0.872. The highest BCUT2D eigenvalue weighted by Gasteiger charge is 2.07. The van der Waals surface area contributed by atoms with Crippen LogP contribution in [0, 0.1) is 12.8 Å². The molecule has 0 radical (unpaired) electrons. The monoisotopic (exact) mass is 246 g/mol. The SMILES string of the molecule is Cc1nnc(-c2ccc(CCC(C)CN)nc2)o1. The zero-order valence-corrected chi connectivity index (χ0v) is 10.8. The summed E-state index contributed by atoms with van der Waals surface area (Å²) in [5.74, 6) is 1.61. The number of nitrogens with two attached hydrogens (primary N) is 1. The molecule has 0 saturated heterocycles. The number of hydrogen-bond donors (Lipinski definition) is 1. The van der Waals surface area contributed by atoms with Gasteiger partial charge in [0, 0.05) is 18.8 Å². The van der Waals surface area contributed by atoms with Crippen molar-refractivity contribution < 1.29 is 4.42 Å². The van der Waals surface area contributed by atoms with E-state index in [1.165, 1.54) is 0 Å². The molecule has 5 heteroatoms. The van der Waals surface area contributed by atoms with Crippen LogP contribution in [-0.4, -0.2) is 21.7 Å². The van der Waals surface area contributed by atoms with Gasteiger partial charge in [-0.25, -0.2) is 0 Å². The minimum Gasteiger partial charge on any atom is -0.421 e. The Bertz CT molecular complexity index is 492. The van der Waals surface area contributed by atoms with E-state index < -0.39 is 0 Å². The van der Waals surface area contributed by atoms with E-state index in [0.717, 1.165) is 30.6 Å². The first-order valence-corrected chi connectivity index (χ1v) is 6.14. The summed E-state index contributed by atoms with van der Waals surface area (Å²) in [6.45, 7) is 4.64. The molecule has 0 saturated carbocycles. The zero-order valence-electron chi connectivity index (χ0n) is 10.8. The van der Waals surface area contributed by atoms with E-state index in [4.69, 9.17) is 10.2 Å². The van der Waals surface area contributed by atoms with Gasteiger partial charge in [0.25, 0.3) is 0 Å². The van der Waals surface area contributed by atoms with Gasteiger partial charge >= 0.3 is 0 Å². The van der Waals surface area contributed by atoms with Crippen LogP contribution in [0.2, 0.25) is 0 Å². The van der Waals surface area contributed by atoms with Crippen LogP contribution in [0.15, 0.2) is 22.7 Å². The van der Waals surface area contributed by atoms with Gasteiger partial charge < -0.3 is 10.2 Å². The summed E-state index contributed by atoms with van der Waals surface area (Å²) in [6.07, 6.45) is 3.78. The molecule has 0 aromatic carbocycles. The second kappa shape index (κ2) is 5.73. The summed E-state index contributed by atoms with van der Waals surface area (Å²) in [5.41, 5.74) is 7.51. The predicted octanol–water partition coefficient (Wildman–Crippen LogP) is 1.97. The molecule has 2 aromatic heterocycles. The molecule has 0 spiro atoms. The molecule has 5 nitrogen and oxygen atoms in total. The molecule has 2 aromatic rings. The maximum atomic E-state index is 5.59. The van der Waals surface area contributed by atoms with Gasteiger partial charge in [-0.05, 0) is 37.4 Å².